The van der Waals surface area contributed by atoms with Gasteiger partial charge in [-0.3, -0.25) is 9.88 Å². The summed E-state index contributed by atoms with van der Waals surface area (Å²) in [6, 6.07) is 4.29. The number of rotatable bonds is 6. The Kier molecular flexibility index (Phi) is 4.11. The van der Waals surface area contributed by atoms with Crippen LogP contribution >= 0.6 is 0 Å². The molecular formula is C12H18N4O2. The van der Waals surface area contributed by atoms with Crippen molar-refractivity contribution in [1.82, 2.24) is 9.88 Å². The molecule has 4 N–H and O–H groups in total. The van der Waals surface area contributed by atoms with E-state index in [-0.39, 0.29) is 12.4 Å². The van der Waals surface area contributed by atoms with Crippen LogP contribution in [-0.4, -0.2) is 45.2 Å². The molecule has 1 fully saturated rings. The van der Waals surface area contributed by atoms with Gasteiger partial charge in [-0.15, -0.1) is 0 Å². The van der Waals surface area contributed by atoms with Crippen LogP contribution in [0.4, 0.5) is 0 Å². The van der Waals surface area contributed by atoms with Crippen molar-refractivity contribution in [3.63, 3.8) is 0 Å². The van der Waals surface area contributed by atoms with E-state index in [1.165, 1.54) is 12.8 Å². The molecule has 0 radical (unpaired) electrons. The van der Waals surface area contributed by atoms with Gasteiger partial charge in [0.1, 0.15) is 5.69 Å². The van der Waals surface area contributed by atoms with Crippen LogP contribution in [0.5, 0.6) is 0 Å². The van der Waals surface area contributed by atoms with E-state index < -0.39 is 0 Å². The molecule has 98 valence electrons. The summed E-state index contributed by atoms with van der Waals surface area (Å²) in [6.07, 6.45) is 4.03. The first-order valence-corrected chi connectivity index (χ1v) is 6.02. The summed E-state index contributed by atoms with van der Waals surface area (Å²) < 4.78 is 0. The summed E-state index contributed by atoms with van der Waals surface area (Å²) in [5, 5.41) is 20.6. The van der Waals surface area contributed by atoms with E-state index >= 15 is 0 Å². The van der Waals surface area contributed by atoms with Crippen LogP contribution < -0.4 is 5.73 Å². The topological polar surface area (TPSA) is 95.0 Å². The molecule has 0 saturated heterocycles. The Morgan fingerprint density at radius 3 is 2.94 bits per heavy atom. The third kappa shape index (κ3) is 3.18. The third-order valence-corrected chi connectivity index (χ3v) is 3.03. The van der Waals surface area contributed by atoms with Gasteiger partial charge >= 0.3 is 0 Å². The lowest BCUT2D eigenvalue weighted by Gasteiger charge is -2.20. The Morgan fingerprint density at radius 2 is 2.33 bits per heavy atom. The van der Waals surface area contributed by atoms with Gasteiger partial charge in [0, 0.05) is 25.3 Å². The summed E-state index contributed by atoms with van der Waals surface area (Å²) in [5.41, 5.74) is 7.02. The molecule has 0 bridgehead atoms. The molecule has 0 amide bonds. The van der Waals surface area contributed by atoms with E-state index in [1.807, 2.05) is 12.1 Å². The van der Waals surface area contributed by atoms with Crippen molar-refractivity contribution in [2.24, 2.45) is 10.9 Å². The maximum absolute atomic E-state index is 9.05. The van der Waals surface area contributed by atoms with Crippen LogP contribution in [0, 0.1) is 0 Å². The number of aliphatic hydroxyl groups excluding tert-OH is 1. The number of hydrogen-bond donors (Lipinski definition) is 3. The number of amidine groups is 1. The minimum atomic E-state index is 0.0111. The summed E-state index contributed by atoms with van der Waals surface area (Å²) in [7, 11) is 0. The Balaban J connectivity index is 2.08. The molecule has 1 aromatic heterocycles. The van der Waals surface area contributed by atoms with Gasteiger partial charge < -0.3 is 16.0 Å². The number of oxime groups is 1. The summed E-state index contributed by atoms with van der Waals surface area (Å²) in [6.45, 7) is 1.58. The molecule has 6 nitrogen and oxygen atoms in total. The van der Waals surface area contributed by atoms with Crippen molar-refractivity contribution in [2.45, 2.75) is 25.4 Å². The van der Waals surface area contributed by atoms with E-state index in [1.54, 1.807) is 6.20 Å². The molecule has 1 aromatic rings. The zero-order valence-corrected chi connectivity index (χ0v) is 10.2. The third-order valence-electron chi connectivity index (χ3n) is 3.03. The highest BCUT2D eigenvalue weighted by atomic mass is 16.4. The van der Waals surface area contributed by atoms with Gasteiger partial charge in [-0.1, -0.05) is 5.16 Å². The van der Waals surface area contributed by atoms with Gasteiger partial charge in [0.2, 0.25) is 0 Å². The minimum absolute atomic E-state index is 0.0111. The Hall–Kier alpha value is -1.66. The van der Waals surface area contributed by atoms with E-state index in [2.05, 4.69) is 15.0 Å². The second-order valence-corrected chi connectivity index (χ2v) is 4.46. The fraction of sp³-hybridized carbons (Fsp3) is 0.500. The van der Waals surface area contributed by atoms with Gasteiger partial charge in [0.15, 0.2) is 5.84 Å². The van der Waals surface area contributed by atoms with Crippen molar-refractivity contribution in [1.29, 1.82) is 0 Å². The number of aromatic nitrogens is 1. The monoisotopic (exact) mass is 250 g/mol. The lowest BCUT2D eigenvalue weighted by Crippen LogP contribution is -2.28. The van der Waals surface area contributed by atoms with Crippen LogP contribution in [0.1, 0.15) is 24.1 Å². The average molecular weight is 250 g/mol. The van der Waals surface area contributed by atoms with Gasteiger partial charge in [0.05, 0.1) is 6.61 Å². The minimum Gasteiger partial charge on any atom is -0.409 e. The number of hydrogen-bond acceptors (Lipinski definition) is 5. The SMILES string of the molecule is NC(=NO)c1cc(CN(CCO)C2CC2)ccn1. The molecule has 0 aromatic carbocycles. The van der Waals surface area contributed by atoms with Crippen molar-refractivity contribution >= 4 is 5.84 Å². The smallest absolute Gasteiger partial charge is 0.188 e. The van der Waals surface area contributed by atoms with E-state index in [4.69, 9.17) is 16.0 Å². The zero-order valence-electron chi connectivity index (χ0n) is 10.2. The van der Waals surface area contributed by atoms with Gasteiger partial charge in [-0.2, -0.15) is 0 Å². The first-order valence-electron chi connectivity index (χ1n) is 6.02. The van der Waals surface area contributed by atoms with Crippen molar-refractivity contribution in [2.75, 3.05) is 13.2 Å². The largest absolute Gasteiger partial charge is 0.409 e. The first kappa shape index (κ1) is 12.8. The summed E-state index contributed by atoms with van der Waals surface area (Å²) in [5.74, 6) is 0.0111. The quantitative estimate of drug-likeness (QED) is 0.289. The van der Waals surface area contributed by atoms with Gasteiger partial charge in [0.25, 0.3) is 0 Å². The summed E-state index contributed by atoms with van der Waals surface area (Å²) >= 11 is 0. The van der Waals surface area contributed by atoms with Crippen LogP contribution in [-0.2, 0) is 6.54 Å². The summed E-state index contributed by atoms with van der Waals surface area (Å²) in [4.78, 5) is 6.28. The molecule has 0 atom stereocenters. The molecule has 0 spiro atoms. The van der Waals surface area contributed by atoms with Crippen molar-refractivity contribution < 1.29 is 10.3 Å². The molecule has 1 aliphatic carbocycles. The van der Waals surface area contributed by atoms with Crippen LogP contribution in [0.25, 0.3) is 0 Å². The van der Waals surface area contributed by atoms with Crippen molar-refractivity contribution in [3.8, 4) is 0 Å². The van der Waals surface area contributed by atoms with Crippen LogP contribution in [0.2, 0.25) is 0 Å². The van der Waals surface area contributed by atoms with Crippen LogP contribution in [0.3, 0.4) is 0 Å². The molecule has 1 saturated carbocycles. The first-order chi connectivity index (χ1) is 8.74. The lowest BCUT2D eigenvalue weighted by atomic mass is 10.2. The number of nitrogens with two attached hydrogens (primary N) is 1. The molecule has 18 heavy (non-hydrogen) atoms. The molecule has 2 rings (SSSR count). The fourth-order valence-corrected chi connectivity index (χ4v) is 1.96. The van der Waals surface area contributed by atoms with E-state index in [0.29, 0.717) is 18.3 Å². The second-order valence-electron chi connectivity index (χ2n) is 4.46. The molecule has 1 heterocycles. The second kappa shape index (κ2) is 5.79. The van der Waals surface area contributed by atoms with Crippen LogP contribution in [0.15, 0.2) is 23.5 Å². The van der Waals surface area contributed by atoms with E-state index in [0.717, 1.165) is 12.1 Å². The predicted octanol–water partition coefficient (Wildman–Crippen LogP) is 0.133. The predicted molar refractivity (Wildman–Crippen MR) is 67.3 cm³/mol. The molecular weight excluding hydrogens is 232 g/mol. The number of nitrogens with zero attached hydrogens (tertiary/aromatic N) is 3. The Labute approximate surface area is 106 Å². The normalized spacial score (nSPS) is 16.2. The van der Waals surface area contributed by atoms with Gasteiger partial charge in [-0.05, 0) is 30.5 Å². The number of aliphatic hydroxyl groups is 1. The Morgan fingerprint density at radius 1 is 1.56 bits per heavy atom. The van der Waals surface area contributed by atoms with E-state index in [9.17, 15) is 0 Å². The molecule has 6 heteroatoms. The zero-order chi connectivity index (χ0) is 13.0. The highest BCUT2D eigenvalue weighted by Gasteiger charge is 2.28. The highest BCUT2D eigenvalue weighted by molar-refractivity contribution is 5.95. The molecule has 0 aliphatic heterocycles. The molecule has 1 aliphatic rings. The molecule has 0 unspecified atom stereocenters. The van der Waals surface area contributed by atoms with Gasteiger partial charge in [-0.25, -0.2) is 0 Å². The Bertz CT molecular complexity index is 432. The highest BCUT2D eigenvalue weighted by Crippen LogP contribution is 2.27. The number of pyridine rings is 1. The standard InChI is InChI=1S/C12H18N4O2/c13-12(15-18)11-7-9(3-4-14-11)8-16(5-6-17)10-1-2-10/h3-4,7,10,17-18H,1-2,5-6,8H2,(H2,13,15). The van der Waals surface area contributed by atoms with Crippen molar-refractivity contribution in [3.05, 3.63) is 29.6 Å². The lowest BCUT2D eigenvalue weighted by molar-refractivity contribution is 0.183. The average Bonchev–Trinajstić information content (AvgIpc) is 3.22. The maximum Gasteiger partial charge on any atom is 0.188 e. The maximum atomic E-state index is 9.05. The fourth-order valence-electron chi connectivity index (χ4n) is 1.96.